The van der Waals surface area contributed by atoms with Gasteiger partial charge in [0.1, 0.15) is 19.0 Å². The highest BCUT2D eigenvalue weighted by Gasteiger charge is 2.25. The van der Waals surface area contributed by atoms with Gasteiger partial charge in [-0.05, 0) is 11.6 Å². The maximum Gasteiger partial charge on any atom is 0.508 e. The number of carbonyl (C=O) groups is 2. The van der Waals surface area contributed by atoms with E-state index in [1.165, 1.54) is 0 Å². The third kappa shape index (κ3) is 6.78. The molecule has 2 fully saturated rings. The van der Waals surface area contributed by atoms with Gasteiger partial charge in [-0.15, -0.1) is 0 Å². The predicted molar refractivity (Wildman–Crippen MR) is 105 cm³/mol. The summed E-state index contributed by atoms with van der Waals surface area (Å²) >= 11 is 0. The van der Waals surface area contributed by atoms with E-state index in [1.807, 2.05) is 42.5 Å². The Morgan fingerprint density at radius 1 is 0.933 bits per heavy atom. The first-order valence-corrected chi connectivity index (χ1v) is 9.47. The number of cyclic esters (lactones) is 4. The number of hydrogen-bond acceptors (Lipinski definition) is 9. The molecule has 0 spiro atoms. The molecule has 9 nitrogen and oxygen atoms in total. The third-order valence-electron chi connectivity index (χ3n) is 4.20. The summed E-state index contributed by atoms with van der Waals surface area (Å²) in [6, 6.07) is 5.82. The molecule has 1 aromatic rings. The van der Waals surface area contributed by atoms with Crippen LogP contribution in [0.25, 0.3) is 12.2 Å². The summed E-state index contributed by atoms with van der Waals surface area (Å²) in [4.78, 5) is 21.6. The van der Waals surface area contributed by atoms with E-state index in [9.17, 15) is 9.59 Å². The maximum atomic E-state index is 10.8. The molecule has 2 saturated heterocycles. The van der Waals surface area contributed by atoms with E-state index < -0.39 is 12.3 Å². The van der Waals surface area contributed by atoms with Crippen molar-refractivity contribution in [3.8, 4) is 5.75 Å². The SMILES string of the molecule is COc1cc(C=CCOCC2COC(=O)O2)ccc1C=CCOCC1COC(=O)O1. The summed E-state index contributed by atoms with van der Waals surface area (Å²) in [5.74, 6) is 0.724. The first kappa shape index (κ1) is 21.7. The topological polar surface area (TPSA) is 98.8 Å². The van der Waals surface area contributed by atoms with Crippen molar-refractivity contribution < 1.29 is 42.7 Å². The van der Waals surface area contributed by atoms with Crippen molar-refractivity contribution in [2.45, 2.75) is 12.2 Å². The molecular formula is C21H24O9. The highest BCUT2D eigenvalue weighted by atomic mass is 16.8. The van der Waals surface area contributed by atoms with Crippen molar-refractivity contribution in [1.29, 1.82) is 0 Å². The van der Waals surface area contributed by atoms with Crippen LogP contribution >= 0.6 is 0 Å². The fraction of sp³-hybridized carbons (Fsp3) is 0.429. The first-order chi connectivity index (χ1) is 14.6. The second-order valence-electron chi connectivity index (χ2n) is 6.48. The molecule has 0 aromatic heterocycles. The zero-order valence-corrected chi connectivity index (χ0v) is 16.6. The molecule has 2 heterocycles. The molecule has 9 heteroatoms. The van der Waals surface area contributed by atoms with Gasteiger partial charge in [-0.2, -0.15) is 0 Å². The van der Waals surface area contributed by atoms with E-state index in [4.69, 9.17) is 23.7 Å². The normalized spacial score (nSPS) is 21.0. The van der Waals surface area contributed by atoms with Crippen LogP contribution in [0.2, 0.25) is 0 Å². The van der Waals surface area contributed by atoms with E-state index in [0.29, 0.717) is 19.8 Å². The van der Waals surface area contributed by atoms with Crippen LogP contribution < -0.4 is 4.74 Å². The van der Waals surface area contributed by atoms with Crippen LogP contribution in [-0.4, -0.2) is 71.3 Å². The molecule has 0 aliphatic carbocycles. The minimum absolute atomic E-state index is 0.221. The van der Waals surface area contributed by atoms with E-state index in [2.05, 4.69) is 9.47 Å². The van der Waals surface area contributed by atoms with Crippen molar-refractivity contribution in [2.75, 3.05) is 46.8 Å². The van der Waals surface area contributed by atoms with Crippen molar-refractivity contribution in [2.24, 2.45) is 0 Å². The smallest absolute Gasteiger partial charge is 0.496 e. The Morgan fingerprint density at radius 3 is 2.07 bits per heavy atom. The van der Waals surface area contributed by atoms with Crippen LogP contribution in [0.1, 0.15) is 11.1 Å². The van der Waals surface area contributed by atoms with Gasteiger partial charge in [-0.25, -0.2) is 9.59 Å². The molecule has 1 aromatic carbocycles. The molecule has 2 unspecified atom stereocenters. The van der Waals surface area contributed by atoms with Crippen molar-refractivity contribution in [3.05, 3.63) is 41.5 Å². The Kier molecular flexibility index (Phi) is 8.10. The van der Waals surface area contributed by atoms with Gasteiger partial charge >= 0.3 is 12.3 Å². The van der Waals surface area contributed by atoms with Gasteiger partial charge in [-0.3, -0.25) is 0 Å². The lowest BCUT2D eigenvalue weighted by molar-refractivity contribution is 0.0576. The van der Waals surface area contributed by atoms with Crippen LogP contribution in [0.15, 0.2) is 30.4 Å². The second-order valence-corrected chi connectivity index (χ2v) is 6.48. The van der Waals surface area contributed by atoms with Crippen molar-refractivity contribution >= 4 is 24.5 Å². The minimum Gasteiger partial charge on any atom is -0.496 e. The van der Waals surface area contributed by atoms with E-state index >= 15 is 0 Å². The van der Waals surface area contributed by atoms with Gasteiger partial charge in [0.25, 0.3) is 0 Å². The van der Waals surface area contributed by atoms with Gasteiger partial charge in [0.2, 0.25) is 0 Å². The summed E-state index contributed by atoms with van der Waals surface area (Å²) < 4.78 is 35.5. The van der Waals surface area contributed by atoms with Crippen LogP contribution in [-0.2, 0) is 28.4 Å². The standard InChI is InChI=1S/C21H24O9/c1-24-19-10-15(4-2-8-25-11-17-13-27-20(22)29-17)6-7-16(19)5-3-9-26-12-18-14-28-21(23)30-18/h2-7,10,17-18H,8-9,11-14H2,1H3. The molecule has 2 atom stereocenters. The lowest BCUT2D eigenvalue weighted by Gasteiger charge is -2.07. The monoisotopic (exact) mass is 420 g/mol. The molecule has 0 radical (unpaired) electrons. The van der Waals surface area contributed by atoms with E-state index in [1.54, 1.807) is 7.11 Å². The van der Waals surface area contributed by atoms with Crippen molar-refractivity contribution in [3.63, 3.8) is 0 Å². The largest absolute Gasteiger partial charge is 0.508 e. The number of benzene rings is 1. The van der Waals surface area contributed by atoms with Gasteiger partial charge in [0.15, 0.2) is 12.2 Å². The molecule has 2 aliphatic heterocycles. The van der Waals surface area contributed by atoms with Crippen molar-refractivity contribution in [1.82, 2.24) is 0 Å². The Balaban J connectivity index is 1.39. The number of methoxy groups -OCH3 is 1. The number of rotatable bonds is 11. The zero-order valence-electron chi connectivity index (χ0n) is 16.6. The minimum atomic E-state index is -0.654. The maximum absolute atomic E-state index is 10.8. The Hall–Kier alpha value is -3.04. The summed E-state index contributed by atoms with van der Waals surface area (Å²) in [6.45, 7) is 1.78. The second kappa shape index (κ2) is 11.2. The van der Waals surface area contributed by atoms with Gasteiger partial charge in [-0.1, -0.05) is 36.4 Å². The molecule has 30 heavy (non-hydrogen) atoms. The first-order valence-electron chi connectivity index (χ1n) is 9.47. The summed E-state index contributed by atoms with van der Waals surface area (Å²) in [7, 11) is 1.61. The summed E-state index contributed by atoms with van der Waals surface area (Å²) in [6.07, 6.45) is 5.55. The van der Waals surface area contributed by atoms with Crippen LogP contribution in [0.3, 0.4) is 0 Å². The Morgan fingerprint density at radius 2 is 1.53 bits per heavy atom. The van der Waals surface area contributed by atoms with Crippen LogP contribution in [0.5, 0.6) is 5.75 Å². The molecule has 0 amide bonds. The van der Waals surface area contributed by atoms with Crippen LogP contribution in [0, 0.1) is 0 Å². The van der Waals surface area contributed by atoms with Gasteiger partial charge < -0.3 is 33.2 Å². The average Bonchev–Trinajstić information content (AvgIpc) is 3.35. The third-order valence-corrected chi connectivity index (χ3v) is 4.20. The molecule has 2 aliphatic rings. The highest BCUT2D eigenvalue weighted by molar-refractivity contribution is 5.63. The van der Waals surface area contributed by atoms with E-state index in [-0.39, 0.29) is 32.0 Å². The number of carbonyl (C=O) groups excluding carboxylic acids is 2. The number of ether oxygens (including phenoxy) is 7. The van der Waals surface area contributed by atoms with Crippen LogP contribution in [0.4, 0.5) is 9.59 Å². The lowest BCUT2D eigenvalue weighted by atomic mass is 10.1. The highest BCUT2D eigenvalue weighted by Crippen LogP contribution is 2.22. The van der Waals surface area contributed by atoms with Gasteiger partial charge in [0.05, 0.1) is 33.5 Å². The predicted octanol–water partition coefficient (Wildman–Crippen LogP) is 2.83. The molecule has 162 valence electrons. The van der Waals surface area contributed by atoms with E-state index in [0.717, 1.165) is 16.9 Å². The molecular weight excluding hydrogens is 396 g/mol. The molecule has 0 saturated carbocycles. The lowest BCUT2D eigenvalue weighted by Crippen LogP contribution is -2.17. The quantitative estimate of drug-likeness (QED) is 0.395. The van der Waals surface area contributed by atoms with Gasteiger partial charge in [0, 0.05) is 5.56 Å². The fourth-order valence-corrected chi connectivity index (χ4v) is 2.76. The average molecular weight is 420 g/mol. The zero-order chi connectivity index (χ0) is 21.2. The Bertz CT molecular complexity index is 787. The summed E-state index contributed by atoms with van der Waals surface area (Å²) in [5, 5.41) is 0. The summed E-state index contributed by atoms with van der Waals surface area (Å²) in [5.41, 5.74) is 1.87. The molecule has 0 bridgehead atoms. The molecule has 3 rings (SSSR count). The fourth-order valence-electron chi connectivity index (χ4n) is 2.76. The molecule has 0 N–H and O–H groups in total. The number of hydrogen-bond donors (Lipinski definition) is 0. The Labute approximate surface area is 174 Å².